The molecule has 0 aliphatic heterocycles. The normalized spacial score (nSPS) is 10.4. The van der Waals surface area contributed by atoms with Crippen molar-refractivity contribution < 1.29 is 9.59 Å². The van der Waals surface area contributed by atoms with Crippen molar-refractivity contribution in [3.05, 3.63) is 64.4 Å². The van der Waals surface area contributed by atoms with Gasteiger partial charge in [0.05, 0.1) is 11.1 Å². The Balaban J connectivity index is 1.93. The fraction of sp³-hybridized carbons (Fsp3) is 0.350. The van der Waals surface area contributed by atoms with Crippen LogP contribution in [0.1, 0.15) is 46.0 Å². The molecule has 2 amide bonds. The number of aromatic nitrogens is 1. The highest BCUT2D eigenvalue weighted by Crippen LogP contribution is 2.11. The predicted molar refractivity (Wildman–Crippen MR) is 104 cm³/mol. The van der Waals surface area contributed by atoms with Crippen molar-refractivity contribution in [1.82, 2.24) is 15.2 Å². The molecular weight excluding hydrogens is 350 g/mol. The molecule has 26 heavy (non-hydrogen) atoms. The lowest BCUT2D eigenvalue weighted by atomic mass is 10.1. The first-order valence-corrected chi connectivity index (χ1v) is 9.12. The second-order valence-corrected chi connectivity index (χ2v) is 6.61. The van der Waals surface area contributed by atoms with Gasteiger partial charge in [0.2, 0.25) is 0 Å². The third kappa shape index (κ3) is 5.85. The average Bonchev–Trinajstić information content (AvgIpc) is 2.65. The van der Waals surface area contributed by atoms with Gasteiger partial charge in [-0.25, -0.2) is 0 Å². The van der Waals surface area contributed by atoms with Gasteiger partial charge in [-0.15, -0.1) is 0 Å². The summed E-state index contributed by atoms with van der Waals surface area (Å²) in [5, 5.41) is 3.53. The lowest BCUT2D eigenvalue weighted by Gasteiger charge is -2.16. The Bertz CT molecular complexity index is 764. The molecule has 1 aromatic carbocycles. The molecule has 1 heterocycles. The number of rotatable bonds is 8. The van der Waals surface area contributed by atoms with E-state index in [0.29, 0.717) is 35.7 Å². The first-order valence-electron chi connectivity index (χ1n) is 8.74. The Morgan fingerprint density at radius 3 is 2.69 bits per heavy atom. The molecular formula is C20H24ClN3O2. The van der Waals surface area contributed by atoms with Crippen LogP contribution in [0.5, 0.6) is 0 Å². The molecule has 5 nitrogen and oxygen atoms in total. The first kappa shape index (κ1) is 19.9. The van der Waals surface area contributed by atoms with Gasteiger partial charge in [0, 0.05) is 37.6 Å². The van der Waals surface area contributed by atoms with Crippen molar-refractivity contribution in [2.24, 2.45) is 0 Å². The number of unbranched alkanes of at least 4 members (excludes halogenated alkanes) is 1. The van der Waals surface area contributed by atoms with Crippen molar-refractivity contribution in [1.29, 1.82) is 0 Å². The maximum absolute atomic E-state index is 12.4. The summed E-state index contributed by atoms with van der Waals surface area (Å²) >= 11 is 5.95. The zero-order valence-corrected chi connectivity index (χ0v) is 15.9. The predicted octanol–water partition coefficient (Wildman–Crippen LogP) is 3.58. The van der Waals surface area contributed by atoms with Gasteiger partial charge in [-0.1, -0.05) is 37.1 Å². The van der Waals surface area contributed by atoms with Crippen molar-refractivity contribution in [2.75, 3.05) is 20.1 Å². The molecule has 0 unspecified atom stereocenters. The van der Waals surface area contributed by atoms with E-state index in [1.165, 1.54) is 12.4 Å². The molecule has 0 radical (unpaired) electrons. The quantitative estimate of drug-likeness (QED) is 0.769. The summed E-state index contributed by atoms with van der Waals surface area (Å²) in [6.45, 7) is 3.24. The number of carbonyl (C=O) groups excluding carboxylic acids is 2. The van der Waals surface area contributed by atoms with Crippen LogP contribution in [-0.2, 0) is 6.42 Å². The maximum Gasteiger partial charge on any atom is 0.255 e. The van der Waals surface area contributed by atoms with Gasteiger partial charge in [0.1, 0.15) is 0 Å². The number of nitrogens with one attached hydrogen (secondary N) is 1. The maximum atomic E-state index is 12.4. The zero-order chi connectivity index (χ0) is 18.9. The molecule has 2 rings (SSSR count). The van der Waals surface area contributed by atoms with Crippen LogP contribution in [0.15, 0.2) is 42.7 Å². The second-order valence-electron chi connectivity index (χ2n) is 6.18. The van der Waals surface area contributed by atoms with Crippen molar-refractivity contribution in [3.63, 3.8) is 0 Å². The molecule has 0 atom stereocenters. The Morgan fingerprint density at radius 2 is 1.96 bits per heavy atom. The molecule has 0 saturated heterocycles. The van der Waals surface area contributed by atoms with Gasteiger partial charge in [-0.2, -0.15) is 0 Å². The van der Waals surface area contributed by atoms with Crippen LogP contribution in [0.4, 0.5) is 0 Å². The smallest absolute Gasteiger partial charge is 0.255 e. The van der Waals surface area contributed by atoms with Crippen LogP contribution in [0.3, 0.4) is 0 Å². The third-order valence-electron chi connectivity index (χ3n) is 4.03. The van der Waals surface area contributed by atoms with Crippen LogP contribution in [0.25, 0.3) is 0 Å². The summed E-state index contributed by atoms with van der Waals surface area (Å²) in [7, 11) is 1.76. The van der Waals surface area contributed by atoms with Crippen LogP contribution in [0.2, 0.25) is 5.02 Å². The highest BCUT2D eigenvalue weighted by Gasteiger charge is 2.14. The molecule has 0 aliphatic rings. The number of carbonyl (C=O) groups is 2. The molecule has 0 spiro atoms. The van der Waals surface area contributed by atoms with E-state index < -0.39 is 0 Å². The highest BCUT2D eigenvalue weighted by atomic mass is 35.5. The van der Waals surface area contributed by atoms with Gasteiger partial charge in [0.25, 0.3) is 11.8 Å². The molecule has 2 aromatic rings. The number of pyridine rings is 1. The number of nitrogens with zero attached hydrogens (tertiary/aromatic N) is 2. The van der Waals surface area contributed by atoms with E-state index in [4.69, 9.17) is 11.6 Å². The van der Waals surface area contributed by atoms with Gasteiger partial charge in [0.15, 0.2) is 0 Å². The summed E-state index contributed by atoms with van der Waals surface area (Å²) in [6, 6.07) is 9.13. The Morgan fingerprint density at radius 1 is 1.19 bits per heavy atom. The molecule has 0 bridgehead atoms. The van der Waals surface area contributed by atoms with Crippen LogP contribution in [-0.4, -0.2) is 41.8 Å². The van der Waals surface area contributed by atoms with E-state index in [2.05, 4.69) is 17.2 Å². The van der Waals surface area contributed by atoms with Gasteiger partial charge in [-0.05, 0) is 36.6 Å². The molecule has 1 aromatic heterocycles. The largest absolute Gasteiger partial charge is 0.352 e. The monoisotopic (exact) mass is 373 g/mol. The number of halogens is 1. The lowest BCUT2D eigenvalue weighted by Crippen LogP contribution is -2.29. The fourth-order valence-corrected chi connectivity index (χ4v) is 2.73. The summed E-state index contributed by atoms with van der Waals surface area (Å²) in [5.41, 5.74) is 1.86. The first-order chi connectivity index (χ1) is 12.5. The van der Waals surface area contributed by atoms with Gasteiger partial charge in [-0.3, -0.25) is 14.6 Å². The van der Waals surface area contributed by atoms with Crippen LogP contribution < -0.4 is 5.32 Å². The van der Waals surface area contributed by atoms with Crippen molar-refractivity contribution >= 4 is 23.4 Å². The third-order valence-corrected chi connectivity index (χ3v) is 4.26. The molecule has 138 valence electrons. The minimum atomic E-state index is -0.245. The minimum Gasteiger partial charge on any atom is -0.352 e. The number of hydrogen-bond acceptors (Lipinski definition) is 3. The highest BCUT2D eigenvalue weighted by molar-refractivity contribution is 6.30. The SMILES string of the molecule is CCCCN(C)C(=O)c1cncc(C(=O)NCCc2cccc(Cl)c2)c1. The van der Waals surface area contributed by atoms with E-state index in [1.807, 2.05) is 24.3 Å². The average molecular weight is 374 g/mol. The zero-order valence-electron chi connectivity index (χ0n) is 15.2. The molecule has 6 heteroatoms. The molecule has 1 N–H and O–H groups in total. The summed E-state index contributed by atoms with van der Waals surface area (Å²) in [6.07, 6.45) is 5.60. The molecule has 0 aliphatic carbocycles. The number of amides is 2. The van der Waals surface area contributed by atoms with Crippen molar-refractivity contribution in [2.45, 2.75) is 26.2 Å². The Kier molecular flexibility index (Phi) is 7.60. The second kappa shape index (κ2) is 9.92. The molecule has 0 saturated carbocycles. The van der Waals surface area contributed by atoms with E-state index >= 15 is 0 Å². The van der Waals surface area contributed by atoms with E-state index in [-0.39, 0.29) is 11.8 Å². The lowest BCUT2D eigenvalue weighted by molar-refractivity contribution is 0.0793. The van der Waals surface area contributed by atoms with Gasteiger partial charge >= 0.3 is 0 Å². The standard InChI is InChI=1S/C20H24ClN3O2/c1-3-4-10-24(2)20(26)17-12-16(13-22-14-17)19(25)23-9-8-15-6-5-7-18(21)11-15/h5-7,11-14H,3-4,8-10H2,1-2H3,(H,23,25). The summed E-state index contributed by atoms with van der Waals surface area (Å²) < 4.78 is 0. The molecule has 0 fully saturated rings. The Labute approximate surface area is 159 Å². The van der Waals surface area contributed by atoms with E-state index in [9.17, 15) is 9.59 Å². The Hall–Kier alpha value is -2.40. The fourth-order valence-electron chi connectivity index (χ4n) is 2.51. The summed E-state index contributed by atoms with van der Waals surface area (Å²) in [4.78, 5) is 30.4. The van der Waals surface area contributed by atoms with Gasteiger partial charge < -0.3 is 10.2 Å². The topological polar surface area (TPSA) is 62.3 Å². The summed E-state index contributed by atoms with van der Waals surface area (Å²) in [5.74, 6) is -0.370. The number of hydrogen-bond donors (Lipinski definition) is 1. The van der Waals surface area contributed by atoms with E-state index in [0.717, 1.165) is 18.4 Å². The van der Waals surface area contributed by atoms with E-state index in [1.54, 1.807) is 18.0 Å². The van der Waals surface area contributed by atoms with Crippen molar-refractivity contribution in [3.8, 4) is 0 Å². The minimum absolute atomic E-state index is 0.125. The number of benzene rings is 1. The van der Waals surface area contributed by atoms with Crippen LogP contribution >= 0.6 is 11.6 Å². The van der Waals surface area contributed by atoms with Crippen LogP contribution in [0, 0.1) is 0 Å².